The van der Waals surface area contributed by atoms with E-state index in [9.17, 15) is 15.0 Å². The Labute approximate surface area is 106 Å². The highest BCUT2D eigenvalue weighted by Gasteiger charge is 2.28. The van der Waals surface area contributed by atoms with Crippen LogP contribution in [0.1, 0.15) is 23.7 Å². The fourth-order valence-corrected chi connectivity index (χ4v) is 1.52. The van der Waals surface area contributed by atoms with Crippen molar-refractivity contribution >= 4 is 18.5 Å². The van der Waals surface area contributed by atoms with Crippen LogP contribution in [0, 0.1) is 0 Å². The topological polar surface area (TPSA) is 69.6 Å². The van der Waals surface area contributed by atoms with E-state index in [-0.39, 0.29) is 19.1 Å². The van der Waals surface area contributed by atoms with Crippen LogP contribution in [0.25, 0.3) is 0 Å². The van der Waals surface area contributed by atoms with Crippen LogP contribution in [-0.2, 0) is 0 Å². The normalized spacial score (nSPS) is 11.3. The fraction of sp³-hybridized carbons (Fsp3) is 0.417. The number of amides is 1. The molecule has 0 saturated heterocycles. The maximum atomic E-state index is 11.9. The third kappa shape index (κ3) is 3.46. The van der Waals surface area contributed by atoms with Crippen LogP contribution < -0.4 is 5.32 Å². The molecule has 4 nitrogen and oxygen atoms in total. The highest BCUT2D eigenvalue weighted by atomic mass is 32.1. The summed E-state index contributed by atoms with van der Waals surface area (Å²) in [5, 5.41) is 21.1. The lowest BCUT2D eigenvalue weighted by molar-refractivity contribution is 0.0653. The second-order valence-corrected chi connectivity index (χ2v) is 4.47. The van der Waals surface area contributed by atoms with Crippen LogP contribution >= 0.6 is 12.6 Å². The van der Waals surface area contributed by atoms with Crippen molar-refractivity contribution in [3.05, 3.63) is 29.8 Å². The zero-order valence-corrected chi connectivity index (χ0v) is 10.6. The lowest BCUT2D eigenvalue weighted by Gasteiger charge is -2.29. The van der Waals surface area contributed by atoms with Crippen molar-refractivity contribution in [2.45, 2.75) is 23.8 Å². The quantitative estimate of drug-likeness (QED) is 0.589. The first-order valence-corrected chi connectivity index (χ1v) is 5.85. The van der Waals surface area contributed by atoms with Crippen molar-refractivity contribution in [1.82, 2.24) is 5.32 Å². The molecule has 0 atom stereocenters. The number of rotatable bonds is 5. The van der Waals surface area contributed by atoms with E-state index in [1.807, 2.05) is 0 Å². The summed E-state index contributed by atoms with van der Waals surface area (Å²) in [6.45, 7) is 1.20. The average molecular weight is 255 g/mol. The summed E-state index contributed by atoms with van der Waals surface area (Å²) in [6, 6.07) is 6.72. The number of carbonyl (C=O) groups is 1. The zero-order chi connectivity index (χ0) is 12.9. The van der Waals surface area contributed by atoms with E-state index >= 15 is 0 Å². The Balaban J connectivity index is 2.81. The third-order valence-corrected chi connectivity index (χ3v) is 3.09. The van der Waals surface area contributed by atoms with Gasteiger partial charge >= 0.3 is 0 Å². The Morgan fingerprint density at radius 3 is 2.24 bits per heavy atom. The predicted molar refractivity (Wildman–Crippen MR) is 68.4 cm³/mol. The molecule has 0 bridgehead atoms. The van der Waals surface area contributed by atoms with Gasteiger partial charge in [-0.1, -0.05) is 6.92 Å². The molecule has 0 aliphatic carbocycles. The highest BCUT2D eigenvalue weighted by Crippen LogP contribution is 2.12. The average Bonchev–Trinajstić information content (AvgIpc) is 2.37. The zero-order valence-electron chi connectivity index (χ0n) is 9.68. The minimum absolute atomic E-state index is 0.295. The SMILES string of the molecule is CCC(CO)(CO)NC(=O)c1ccc(S)cc1. The molecule has 0 spiro atoms. The van der Waals surface area contributed by atoms with Gasteiger partial charge in [0.2, 0.25) is 0 Å². The van der Waals surface area contributed by atoms with Gasteiger partial charge < -0.3 is 15.5 Å². The standard InChI is InChI=1S/C12H17NO3S/c1-2-12(7-14,8-15)13-11(16)9-3-5-10(17)6-4-9/h3-6,14-15,17H,2,7-8H2,1H3,(H,13,16). The van der Waals surface area contributed by atoms with Crippen LogP contribution in [0.2, 0.25) is 0 Å². The van der Waals surface area contributed by atoms with Crippen LogP contribution in [0.5, 0.6) is 0 Å². The summed E-state index contributed by atoms with van der Waals surface area (Å²) in [5.41, 5.74) is -0.487. The number of aliphatic hydroxyl groups is 2. The van der Waals surface area contributed by atoms with Crippen LogP contribution in [0.15, 0.2) is 29.2 Å². The minimum atomic E-state index is -0.962. The van der Waals surface area contributed by atoms with Crippen molar-refractivity contribution < 1.29 is 15.0 Å². The smallest absolute Gasteiger partial charge is 0.251 e. The molecule has 1 aromatic rings. The number of nitrogens with one attached hydrogen (secondary N) is 1. The summed E-state index contributed by atoms with van der Waals surface area (Å²) in [6.07, 6.45) is 0.455. The summed E-state index contributed by atoms with van der Waals surface area (Å²) in [7, 11) is 0. The molecule has 3 N–H and O–H groups in total. The fourth-order valence-electron chi connectivity index (χ4n) is 1.37. The van der Waals surface area contributed by atoms with E-state index in [0.717, 1.165) is 4.90 Å². The Morgan fingerprint density at radius 1 is 1.29 bits per heavy atom. The molecule has 0 unspecified atom stereocenters. The summed E-state index contributed by atoms with van der Waals surface area (Å²) >= 11 is 4.13. The van der Waals surface area contributed by atoms with Gasteiger partial charge in [-0.15, -0.1) is 12.6 Å². The molecule has 0 aliphatic heterocycles. The molecule has 0 heterocycles. The molecular weight excluding hydrogens is 238 g/mol. The van der Waals surface area contributed by atoms with Crippen molar-refractivity contribution in [1.29, 1.82) is 0 Å². The lowest BCUT2D eigenvalue weighted by Crippen LogP contribution is -2.53. The first-order valence-electron chi connectivity index (χ1n) is 5.40. The molecule has 0 radical (unpaired) electrons. The van der Waals surface area contributed by atoms with E-state index in [1.165, 1.54) is 0 Å². The molecule has 1 rings (SSSR count). The monoisotopic (exact) mass is 255 g/mol. The van der Waals surface area contributed by atoms with E-state index in [1.54, 1.807) is 31.2 Å². The number of hydrogen-bond donors (Lipinski definition) is 4. The molecule has 0 fully saturated rings. The first-order chi connectivity index (χ1) is 8.06. The summed E-state index contributed by atoms with van der Waals surface area (Å²) < 4.78 is 0. The van der Waals surface area contributed by atoms with Gasteiger partial charge in [-0.3, -0.25) is 4.79 Å². The molecule has 5 heteroatoms. The predicted octanol–water partition coefficient (Wildman–Crippen LogP) is 0.839. The van der Waals surface area contributed by atoms with Gasteiger partial charge in [0.25, 0.3) is 5.91 Å². The van der Waals surface area contributed by atoms with Gasteiger partial charge in [0.15, 0.2) is 0 Å². The Hall–Kier alpha value is -1.04. The highest BCUT2D eigenvalue weighted by molar-refractivity contribution is 7.80. The van der Waals surface area contributed by atoms with Crippen LogP contribution in [0.4, 0.5) is 0 Å². The van der Waals surface area contributed by atoms with Crippen LogP contribution in [0.3, 0.4) is 0 Å². The molecule has 0 saturated carbocycles. The van der Waals surface area contributed by atoms with Crippen molar-refractivity contribution in [2.75, 3.05) is 13.2 Å². The maximum absolute atomic E-state index is 11.9. The molecule has 0 aliphatic rings. The summed E-state index contributed by atoms with van der Waals surface area (Å²) in [4.78, 5) is 12.7. The van der Waals surface area contributed by atoms with Crippen LogP contribution in [-0.4, -0.2) is 34.9 Å². The van der Waals surface area contributed by atoms with E-state index in [0.29, 0.717) is 12.0 Å². The Kier molecular flexibility index (Phi) is 4.99. The number of benzene rings is 1. The van der Waals surface area contributed by atoms with Gasteiger partial charge in [-0.2, -0.15) is 0 Å². The number of aliphatic hydroxyl groups excluding tert-OH is 2. The molecule has 94 valence electrons. The molecule has 0 aromatic heterocycles. The number of hydrogen-bond acceptors (Lipinski definition) is 4. The molecule has 17 heavy (non-hydrogen) atoms. The second kappa shape index (κ2) is 6.05. The van der Waals surface area contributed by atoms with Gasteiger partial charge in [0.05, 0.1) is 18.8 Å². The third-order valence-electron chi connectivity index (χ3n) is 2.79. The summed E-state index contributed by atoms with van der Waals surface area (Å²) in [5.74, 6) is -0.316. The maximum Gasteiger partial charge on any atom is 0.251 e. The molecule has 1 amide bonds. The van der Waals surface area contributed by atoms with Crippen molar-refractivity contribution in [3.8, 4) is 0 Å². The van der Waals surface area contributed by atoms with Gasteiger partial charge in [-0.05, 0) is 30.7 Å². The van der Waals surface area contributed by atoms with Crippen molar-refractivity contribution in [3.63, 3.8) is 0 Å². The van der Waals surface area contributed by atoms with Gasteiger partial charge in [0.1, 0.15) is 0 Å². The molecule has 1 aromatic carbocycles. The number of carbonyl (C=O) groups excluding carboxylic acids is 1. The Morgan fingerprint density at radius 2 is 1.82 bits per heavy atom. The lowest BCUT2D eigenvalue weighted by atomic mass is 9.98. The first kappa shape index (κ1) is 14.0. The van der Waals surface area contributed by atoms with E-state index < -0.39 is 5.54 Å². The van der Waals surface area contributed by atoms with Crippen molar-refractivity contribution in [2.24, 2.45) is 0 Å². The number of thiol groups is 1. The Bertz CT molecular complexity index is 366. The van der Waals surface area contributed by atoms with E-state index in [2.05, 4.69) is 17.9 Å². The molecular formula is C12H17NO3S. The largest absolute Gasteiger partial charge is 0.394 e. The van der Waals surface area contributed by atoms with E-state index in [4.69, 9.17) is 0 Å². The van der Waals surface area contributed by atoms with Gasteiger partial charge in [0, 0.05) is 10.5 Å². The second-order valence-electron chi connectivity index (χ2n) is 3.95. The van der Waals surface area contributed by atoms with Gasteiger partial charge in [-0.25, -0.2) is 0 Å². The minimum Gasteiger partial charge on any atom is -0.394 e.